The first kappa shape index (κ1) is 21.1. The maximum atomic E-state index is 5.10. The van der Waals surface area contributed by atoms with Crippen LogP contribution in [0.15, 0.2) is 109 Å². The second kappa shape index (κ2) is 8.69. The molecule has 3 nitrogen and oxygen atoms in total. The van der Waals surface area contributed by atoms with Crippen LogP contribution in [0.3, 0.4) is 0 Å². The molecule has 4 aromatic carbocycles. The Morgan fingerprint density at radius 1 is 0.686 bits per heavy atom. The maximum Gasteiger partial charge on any atom is 0.162 e. The minimum atomic E-state index is 0.716. The minimum Gasteiger partial charge on any atom is -0.294 e. The number of hydrogen-bond acceptors (Lipinski definition) is 2. The van der Waals surface area contributed by atoms with E-state index in [-0.39, 0.29) is 0 Å². The molecule has 0 aliphatic rings. The van der Waals surface area contributed by atoms with Gasteiger partial charge in [0.1, 0.15) is 5.82 Å². The van der Waals surface area contributed by atoms with Gasteiger partial charge in [-0.1, -0.05) is 97.1 Å². The lowest BCUT2D eigenvalue weighted by Gasteiger charge is -2.12. The van der Waals surface area contributed by atoms with Gasteiger partial charge in [-0.25, -0.2) is 9.97 Å². The van der Waals surface area contributed by atoms with E-state index in [2.05, 4.69) is 97.3 Å². The molecule has 0 bridgehead atoms. The Hall–Kier alpha value is -4.50. The molecule has 6 aromatic rings. The molecule has 0 atom stereocenters. The molecule has 0 spiro atoms. The highest BCUT2D eigenvalue weighted by atomic mass is 15.1. The Morgan fingerprint density at radius 3 is 2.11 bits per heavy atom. The van der Waals surface area contributed by atoms with Crippen LogP contribution in [0, 0.1) is 6.92 Å². The Balaban J connectivity index is 1.72. The lowest BCUT2D eigenvalue weighted by molar-refractivity contribution is 1.05. The van der Waals surface area contributed by atoms with Gasteiger partial charge in [-0.2, -0.15) is 0 Å². The standard InChI is InChI=1S/C32H25N3/c1-3-12-25-22(2)19-20-29-31(25)26-17-10-11-18-28(26)35(29)30-21-27(23-13-6-4-7-14-23)33-32(34-30)24-15-8-5-9-16-24/h3-21H,1-2H3/b12-3-. The maximum absolute atomic E-state index is 5.10. The molecule has 0 saturated carbocycles. The highest BCUT2D eigenvalue weighted by molar-refractivity contribution is 6.13. The zero-order chi connectivity index (χ0) is 23.8. The topological polar surface area (TPSA) is 30.7 Å². The SMILES string of the molecule is C/C=C\c1c(C)ccc2c1c1ccccc1n2-c1cc(-c2ccccc2)nc(-c2ccccc2)n1. The average Bonchev–Trinajstić information content (AvgIpc) is 3.26. The lowest BCUT2D eigenvalue weighted by atomic mass is 10.0. The summed E-state index contributed by atoms with van der Waals surface area (Å²) >= 11 is 0. The number of rotatable bonds is 4. The quantitative estimate of drug-likeness (QED) is 0.270. The zero-order valence-corrected chi connectivity index (χ0v) is 19.8. The van der Waals surface area contributed by atoms with Crippen molar-refractivity contribution in [1.29, 1.82) is 0 Å². The Kier molecular flexibility index (Phi) is 5.23. The molecule has 2 aromatic heterocycles. The van der Waals surface area contributed by atoms with E-state index in [0.717, 1.165) is 33.7 Å². The summed E-state index contributed by atoms with van der Waals surface area (Å²) in [6.07, 6.45) is 4.32. The van der Waals surface area contributed by atoms with Crippen molar-refractivity contribution >= 4 is 27.9 Å². The molecule has 2 heterocycles. The van der Waals surface area contributed by atoms with Gasteiger partial charge in [0.25, 0.3) is 0 Å². The van der Waals surface area contributed by atoms with Gasteiger partial charge in [0.15, 0.2) is 5.82 Å². The third kappa shape index (κ3) is 3.62. The van der Waals surface area contributed by atoms with Crippen molar-refractivity contribution in [2.75, 3.05) is 0 Å². The normalized spacial score (nSPS) is 11.6. The number of hydrogen-bond donors (Lipinski definition) is 0. The van der Waals surface area contributed by atoms with Crippen molar-refractivity contribution in [3.05, 3.63) is 120 Å². The molecule has 168 valence electrons. The monoisotopic (exact) mass is 451 g/mol. The predicted molar refractivity (Wildman–Crippen MR) is 147 cm³/mol. The van der Waals surface area contributed by atoms with Crippen molar-refractivity contribution in [2.45, 2.75) is 13.8 Å². The zero-order valence-electron chi connectivity index (χ0n) is 19.8. The summed E-state index contributed by atoms with van der Waals surface area (Å²) < 4.78 is 2.28. The lowest BCUT2D eigenvalue weighted by Crippen LogP contribution is -2.02. The molecule has 0 unspecified atom stereocenters. The van der Waals surface area contributed by atoms with Crippen molar-refractivity contribution in [2.24, 2.45) is 0 Å². The first-order valence-corrected chi connectivity index (χ1v) is 11.9. The van der Waals surface area contributed by atoms with E-state index >= 15 is 0 Å². The van der Waals surface area contributed by atoms with E-state index < -0.39 is 0 Å². The van der Waals surface area contributed by atoms with Crippen LogP contribution in [0.4, 0.5) is 0 Å². The molecular formula is C32H25N3. The van der Waals surface area contributed by atoms with Crippen molar-refractivity contribution in [3.8, 4) is 28.5 Å². The first-order valence-electron chi connectivity index (χ1n) is 11.9. The third-order valence-corrected chi connectivity index (χ3v) is 6.47. The summed E-state index contributed by atoms with van der Waals surface area (Å²) in [5.74, 6) is 1.58. The molecular weight excluding hydrogens is 426 g/mol. The molecule has 0 saturated heterocycles. The highest BCUT2D eigenvalue weighted by Crippen LogP contribution is 2.36. The number of nitrogens with zero attached hydrogens (tertiary/aromatic N) is 3. The number of aryl methyl sites for hydroxylation is 1. The van der Waals surface area contributed by atoms with Gasteiger partial charge in [-0.15, -0.1) is 0 Å². The minimum absolute atomic E-state index is 0.716. The van der Waals surface area contributed by atoms with E-state index in [0.29, 0.717) is 5.82 Å². The summed E-state index contributed by atoms with van der Waals surface area (Å²) in [6.45, 7) is 4.24. The largest absolute Gasteiger partial charge is 0.294 e. The average molecular weight is 452 g/mol. The third-order valence-electron chi connectivity index (χ3n) is 6.47. The second-order valence-electron chi connectivity index (χ2n) is 8.71. The fourth-order valence-corrected chi connectivity index (χ4v) is 4.84. The highest BCUT2D eigenvalue weighted by Gasteiger charge is 2.18. The van der Waals surface area contributed by atoms with E-state index in [4.69, 9.17) is 9.97 Å². The Morgan fingerprint density at radius 2 is 1.37 bits per heavy atom. The van der Waals surface area contributed by atoms with Crippen LogP contribution in [0.5, 0.6) is 0 Å². The molecule has 6 rings (SSSR count). The smallest absolute Gasteiger partial charge is 0.162 e. The molecule has 35 heavy (non-hydrogen) atoms. The molecule has 0 aliphatic carbocycles. The van der Waals surface area contributed by atoms with Crippen LogP contribution < -0.4 is 0 Å². The number of allylic oxidation sites excluding steroid dienone is 1. The van der Waals surface area contributed by atoms with Gasteiger partial charge in [0, 0.05) is 28.0 Å². The van der Waals surface area contributed by atoms with E-state index in [1.54, 1.807) is 0 Å². The molecule has 0 fully saturated rings. The summed E-state index contributed by atoms with van der Waals surface area (Å²) in [7, 11) is 0. The summed E-state index contributed by atoms with van der Waals surface area (Å²) in [4.78, 5) is 10.1. The van der Waals surface area contributed by atoms with Gasteiger partial charge in [-0.3, -0.25) is 4.57 Å². The van der Waals surface area contributed by atoms with Crippen LogP contribution in [0.1, 0.15) is 18.1 Å². The Labute approximate surface area is 205 Å². The molecule has 3 heteroatoms. The van der Waals surface area contributed by atoms with Crippen LogP contribution in [0.2, 0.25) is 0 Å². The van der Waals surface area contributed by atoms with Gasteiger partial charge in [-0.05, 0) is 37.1 Å². The van der Waals surface area contributed by atoms with E-state index in [1.165, 1.54) is 21.9 Å². The Bertz CT molecular complexity index is 1640. The summed E-state index contributed by atoms with van der Waals surface area (Å²) in [5.41, 5.74) is 7.76. The van der Waals surface area contributed by atoms with Gasteiger partial charge in [0.2, 0.25) is 0 Å². The fourth-order valence-electron chi connectivity index (χ4n) is 4.84. The number of aromatic nitrogens is 3. The first-order chi connectivity index (χ1) is 17.2. The van der Waals surface area contributed by atoms with E-state index in [9.17, 15) is 0 Å². The molecule has 0 aliphatic heterocycles. The van der Waals surface area contributed by atoms with Crippen LogP contribution >= 0.6 is 0 Å². The van der Waals surface area contributed by atoms with Crippen LogP contribution in [-0.2, 0) is 0 Å². The number of para-hydroxylation sites is 1. The van der Waals surface area contributed by atoms with Crippen molar-refractivity contribution in [1.82, 2.24) is 14.5 Å². The predicted octanol–water partition coefficient (Wildman–Crippen LogP) is 8.25. The molecule has 0 amide bonds. The van der Waals surface area contributed by atoms with Gasteiger partial charge >= 0.3 is 0 Å². The van der Waals surface area contributed by atoms with Crippen LogP contribution in [-0.4, -0.2) is 14.5 Å². The second-order valence-corrected chi connectivity index (χ2v) is 8.71. The van der Waals surface area contributed by atoms with Crippen molar-refractivity contribution < 1.29 is 0 Å². The molecule has 0 radical (unpaired) electrons. The van der Waals surface area contributed by atoms with E-state index in [1.807, 2.05) is 36.4 Å². The fraction of sp³-hybridized carbons (Fsp3) is 0.0625. The van der Waals surface area contributed by atoms with Gasteiger partial charge in [0.05, 0.1) is 16.7 Å². The summed E-state index contributed by atoms with van der Waals surface area (Å²) in [5, 5.41) is 2.47. The van der Waals surface area contributed by atoms with Gasteiger partial charge < -0.3 is 0 Å². The van der Waals surface area contributed by atoms with Crippen molar-refractivity contribution in [3.63, 3.8) is 0 Å². The van der Waals surface area contributed by atoms with Crippen LogP contribution in [0.25, 0.3) is 56.3 Å². The number of fused-ring (bicyclic) bond motifs is 3. The molecule has 0 N–H and O–H groups in total. The summed E-state index contributed by atoms with van der Waals surface area (Å²) in [6, 6.07) is 35.6. The number of benzene rings is 4.